The molecule has 1 saturated carbocycles. The molecule has 1 fully saturated rings. The fourth-order valence-corrected chi connectivity index (χ4v) is 4.71. The lowest BCUT2D eigenvalue weighted by Crippen LogP contribution is -2.14. The molecule has 0 amide bonds. The summed E-state index contributed by atoms with van der Waals surface area (Å²) in [5.74, 6) is 0.938. The second-order valence-corrected chi connectivity index (χ2v) is 7.79. The molecule has 1 heteroatoms. The molecule has 2 unspecified atom stereocenters. The summed E-state index contributed by atoms with van der Waals surface area (Å²) in [4.78, 5) is 0. The fourth-order valence-electron chi connectivity index (χ4n) is 3.01. The molecule has 1 rings (SSSR count). The molecule has 0 aromatic carbocycles. The van der Waals surface area contributed by atoms with Crippen LogP contribution in [0.3, 0.4) is 0 Å². The van der Waals surface area contributed by atoms with Crippen molar-refractivity contribution in [3.8, 4) is 0 Å². The smallest absolute Gasteiger partial charge is 0.00497 e. The average Bonchev–Trinajstić information content (AvgIpc) is 2.30. The van der Waals surface area contributed by atoms with E-state index in [-0.39, 0.29) is 0 Å². The predicted molar refractivity (Wildman–Crippen MR) is 81.8 cm³/mol. The number of unbranched alkanes of at least 4 members (excludes halogenated alkanes) is 2. The Kier molecular flexibility index (Phi) is 8.43. The van der Waals surface area contributed by atoms with Crippen LogP contribution in [0, 0.1) is 5.92 Å². The van der Waals surface area contributed by atoms with Crippen LogP contribution < -0.4 is 0 Å². The maximum atomic E-state index is 2.45. The Morgan fingerprint density at radius 3 is 2.41 bits per heavy atom. The van der Waals surface area contributed by atoms with Crippen LogP contribution in [-0.4, -0.2) is 10.5 Å². The first kappa shape index (κ1) is 15.4. The Balaban J connectivity index is 2.07. The van der Waals surface area contributed by atoms with Crippen LogP contribution in [0.5, 0.6) is 0 Å². The molecule has 0 spiro atoms. The Labute approximate surface area is 113 Å². The highest BCUT2D eigenvalue weighted by molar-refractivity contribution is 8.00. The van der Waals surface area contributed by atoms with Crippen molar-refractivity contribution in [3.63, 3.8) is 0 Å². The lowest BCUT2D eigenvalue weighted by atomic mass is 9.98. The highest BCUT2D eigenvalue weighted by Gasteiger charge is 2.18. The van der Waals surface area contributed by atoms with Crippen LogP contribution in [0.25, 0.3) is 0 Å². The van der Waals surface area contributed by atoms with E-state index in [0.717, 1.165) is 16.4 Å². The third kappa shape index (κ3) is 7.39. The van der Waals surface area contributed by atoms with Crippen LogP contribution in [0.2, 0.25) is 0 Å². The largest absolute Gasteiger partial charge is 0.155 e. The van der Waals surface area contributed by atoms with Gasteiger partial charge in [0.1, 0.15) is 0 Å². The van der Waals surface area contributed by atoms with Crippen molar-refractivity contribution < 1.29 is 0 Å². The predicted octanol–water partition coefficient (Wildman–Crippen LogP) is 6.05. The first-order valence-electron chi connectivity index (χ1n) is 7.87. The molecule has 102 valence electrons. The second-order valence-electron chi connectivity index (χ2n) is 6.04. The van der Waals surface area contributed by atoms with Gasteiger partial charge in [0, 0.05) is 10.5 Å². The van der Waals surface area contributed by atoms with Gasteiger partial charge in [-0.2, -0.15) is 11.8 Å². The van der Waals surface area contributed by atoms with Gasteiger partial charge in [0.05, 0.1) is 0 Å². The number of thioether (sulfide) groups is 1. The standard InChI is InChI=1S/C16H32S/c1-4-5-7-10-14(2)13-15(3)17-16-11-8-6-9-12-16/h14-16H,4-13H2,1-3H3. The molecule has 17 heavy (non-hydrogen) atoms. The quantitative estimate of drug-likeness (QED) is 0.477. The van der Waals surface area contributed by atoms with Crippen LogP contribution in [0.4, 0.5) is 0 Å². The fraction of sp³-hybridized carbons (Fsp3) is 1.00. The minimum Gasteiger partial charge on any atom is -0.155 e. The van der Waals surface area contributed by atoms with E-state index in [1.807, 2.05) is 0 Å². The van der Waals surface area contributed by atoms with E-state index in [4.69, 9.17) is 0 Å². The minimum absolute atomic E-state index is 0.884. The maximum absolute atomic E-state index is 2.45. The topological polar surface area (TPSA) is 0 Å². The summed E-state index contributed by atoms with van der Waals surface area (Å²) in [6.45, 7) is 7.20. The van der Waals surface area contributed by atoms with E-state index >= 15 is 0 Å². The van der Waals surface area contributed by atoms with Gasteiger partial charge in [0.15, 0.2) is 0 Å². The molecular formula is C16H32S. The van der Waals surface area contributed by atoms with Crippen molar-refractivity contribution >= 4 is 11.8 Å². The van der Waals surface area contributed by atoms with Crippen molar-refractivity contribution in [2.75, 3.05) is 0 Å². The van der Waals surface area contributed by atoms with Crippen LogP contribution >= 0.6 is 11.8 Å². The maximum Gasteiger partial charge on any atom is 0.00497 e. The Morgan fingerprint density at radius 2 is 1.76 bits per heavy atom. The molecule has 1 aliphatic rings. The molecule has 0 aliphatic heterocycles. The summed E-state index contributed by atoms with van der Waals surface area (Å²) >= 11 is 2.29. The number of hydrogen-bond acceptors (Lipinski definition) is 1. The molecular weight excluding hydrogens is 224 g/mol. The molecule has 1 aliphatic carbocycles. The molecule has 0 radical (unpaired) electrons. The SMILES string of the molecule is CCCCCC(C)CC(C)SC1CCCCC1. The molecule has 0 aromatic rings. The van der Waals surface area contributed by atoms with Gasteiger partial charge in [-0.3, -0.25) is 0 Å². The number of rotatable bonds is 8. The van der Waals surface area contributed by atoms with Gasteiger partial charge in [0.25, 0.3) is 0 Å². The van der Waals surface area contributed by atoms with E-state index in [9.17, 15) is 0 Å². The van der Waals surface area contributed by atoms with E-state index in [1.54, 1.807) is 0 Å². The zero-order valence-corrected chi connectivity index (χ0v) is 13.0. The summed E-state index contributed by atoms with van der Waals surface area (Å²) < 4.78 is 0. The van der Waals surface area contributed by atoms with Crippen molar-refractivity contribution in [2.45, 2.75) is 95.5 Å². The third-order valence-corrected chi connectivity index (χ3v) is 5.53. The summed E-state index contributed by atoms with van der Waals surface area (Å²) in [6.07, 6.45) is 14.5. The van der Waals surface area contributed by atoms with E-state index in [1.165, 1.54) is 64.2 Å². The van der Waals surface area contributed by atoms with Crippen molar-refractivity contribution in [2.24, 2.45) is 5.92 Å². The Morgan fingerprint density at radius 1 is 1.06 bits per heavy atom. The summed E-state index contributed by atoms with van der Waals surface area (Å²) in [6, 6.07) is 0. The van der Waals surface area contributed by atoms with Crippen LogP contribution in [-0.2, 0) is 0 Å². The molecule has 0 nitrogen and oxygen atoms in total. The molecule has 0 aromatic heterocycles. The molecule has 0 saturated heterocycles. The van der Waals surface area contributed by atoms with Gasteiger partial charge in [0.2, 0.25) is 0 Å². The zero-order valence-electron chi connectivity index (χ0n) is 12.2. The van der Waals surface area contributed by atoms with Gasteiger partial charge in [-0.1, -0.05) is 65.7 Å². The highest BCUT2D eigenvalue weighted by Crippen LogP contribution is 2.33. The molecule has 2 atom stereocenters. The minimum atomic E-state index is 0.884. The Bertz CT molecular complexity index is 172. The summed E-state index contributed by atoms with van der Waals surface area (Å²) in [7, 11) is 0. The van der Waals surface area contributed by atoms with Crippen molar-refractivity contribution in [1.82, 2.24) is 0 Å². The second kappa shape index (κ2) is 9.30. The monoisotopic (exact) mass is 256 g/mol. The van der Waals surface area contributed by atoms with Gasteiger partial charge in [-0.05, 0) is 25.2 Å². The van der Waals surface area contributed by atoms with Gasteiger partial charge >= 0.3 is 0 Å². The van der Waals surface area contributed by atoms with Crippen molar-refractivity contribution in [3.05, 3.63) is 0 Å². The van der Waals surface area contributed by atoms with E-state index in [0.29, 0.717) is 0 Å². The van der Waals surface area contributed by atoms with E-state index in [2.05, 4.69) is 32.5 Å². The third-order valence-electron chi connectivity index (χ3n) is 4.01. The zero-order chi connectivity index (χ0) is 12.5. The summed E-state index contributed by atoms with van der Waals surface area (Å²) in [5, 5.41) is 1.87. The normalized spacial score (nSPS) is 21.4. The van der Waals surface area contributed by atoms with Crippen molar-refractivity contribution in [1.29, 1.82) is 0 Å². The van der Waals surface area contributed by atoms with Gasteiger partial charge < -0.3 is 0 Å². The van der Waals surface area contributed by atoms with Gasteiger partial charge in [-0.25, -0.2) is 0 Å². The lowest BCUT2D eigenvalue weighted by Gasteiger charge is -2.25. The number of hydrogen-bond donors (Lipinski definition) is 0. The molecule has 0 heterocycles. The Hall–Kier alpha value is 0.350. The van der Waals surface area contributed by atoms with Gasteiger partial charge in [-0.15, -0.1) is 0 Å². The first-order valence-corrected chi connectivity index (χ1v) is 8.82. The van der Waals surface area contributed by atoms with Crippen LogP contribution in [0.1, 0.15) is 85.0 Å². The lowest BCUT2D eigenvalue weighted by molar-refractivity contribution is 0.461. The molecule has 0 N–H and O–H groups in total. The highest BCUT2D eigenvalue weighted by atomic mass is 32.2. The average molecular weight is 256 g/mol. The first-order chi connectivity index (χ1) is 8.22. The van der Waals surface area contributed by atoms with Crippen LogP contribution in [0.15, 0.2) is 0 Å². The van der Waals surface area contributed by atoms with E-state index < -0.39 is 0 Å². The summed E-state index contributed by atoms with van der Waals surface area (Å²) in [5.41, 5.74) is 0. The molecule has 0 bridgehead atoms.